The Bertz CT molecular complexity index is 1010. The maximum atomic E-state index is 12.9. The largest absolute Gasteiger partial charge is 0.396 e. The highest BCUT2D eigenvalue weighted by Gasteiger charge is 2.31. The van der Waals surface area contributed by atoms with Crippen LogP contribution < -0.4 is 10.0 Å². The van der Waals surface area contributed by atoms with Crippen molar-refractivity contribution in [2.24, 2.45) is 4.99 Å². The average Bonchev–Trinajstić information content (AvgIpc) is 3.02. The van der Waals surface area contributed by atoms with Gasteiger partial charge in [-0.1, -0.05) is 62.2 Å². The molecular formula is C22H27N3O4S. The summed E-state index contributed by atoms with van der Waals surface area (Å²) in [6.45, 7) is 2.20. The number of hydrogen-bond donors (Lipinski definition) is 3. The van der Waals surface area contributed by atoms with E-state index in [1.807, 2.05) is 37.3 Å². The van der Waals surface area contributed by atoms with Crippen LogP contribution in [0.25, 0.3) is 0 Å². The van der Waals surface area contributed by atoms with Crippen LogP contribution in [0, 0.1) is 0 Å². The van der Waals surface area contributed by atoms with Crippen molar-refractivity contribution < 1.29 is 18.3 Å². The molecule has 30 heavy (non-hydrogen) atoms. The van der Waals surface area contributed by atoms with Crippen LogP contribution in [0.4, 0.5) is 0 Å². The first-order valence-electron chi connectivity index (χ1n) is 10.1. The third kappa shape index (κ3) is 5.06. The standard InChI is InChI=1S/C22H27N3O4S/c1-2-3-12-19(22(27)23-14-17(15-26)16-9-5-4-6-10-16)24-21-18-11-7-8-13-20(18)30(28,29)25-21/h4-11,13,17,19,26H,2-3,12,14-15H2,1H3,(H,23,27)(H,24,25). The molecule has 7 nitrogen and oxygen atoms in total. The molecule has 0 saturated carbocycles. The van der Waals surface area contributed by atoms with E-state index in [2.05, 4.69) is 15.0 Å². The number of amidine groups is 1. The Morgan fingerprint density at radius 1 is 1.13 bits per heavy atom. The van der Waals surface area contributed by atoms with E-state index in [0.717, 1.165) is 18.4 Å². The molecule has 0 bridgehead atoms. The SMILES string of the molecule is CCCCC(N=C1NS(=O)(=O)c2ccccc21)C(=O)NCC(CO)c1ccccc1. The zero-order valence-corrected chi connectivity index (χ0v) is 17.7. The van der Waals surface area contributed by atoms with E-state index in [0.29, 0.717) is 12.0 Å². The Balaban J connectivity index is 1.77. The number of carbonyl (C=O) groups excluding carboxylic acids is 1. The second-order valence-corrected chi connectivity index (χ2v) is 8.92. The number of aliphatic hydroxyl groups excluding tert-OH is 1. The molecule has 0 saturated heterocycles. The van der Waals surface area contributed by atoms with Gasteiger partial charge in [-0.2, -0.15) is 0 Å². The molecule has 160 valence electrons. The highest BCUT2D eigenvalue weighted by Crippen LogP contribution is 2.23. The zero-order valence-electron chi connectivity index (χ0n) is 16.9. The minimum absolute atomic E-state index is 0.0917. The highest BCUT2D eigenvalue weighted by molar-refractivity contribution is 7.90. The average molecular weight is 430 g/mol. The number of fused-ring (bicyclic) bond motifs is 1. The third-order valence-electron chi connectivity index (χ3n) is 5.10. The van der Waals surface area contributed by atoms with Crippen molar-refractivity contribution in [3.63, 3.8) is 0 Å². The summed E-state index contributed by atoms with van der Waals surface area (Å²) < 4.78 is 27.1. The summed E-state index contributed by atoms with van der Waals surface area (Å²) in [5, 5.41) is 12.6. The Labute approximate surface area is 177 Å². The van der Waals surface area contributed by atoms with E-state index in [1.54, 1.807) is 18.2 Å². The molecule has 0 aromatic heterocycles. The molecule has 2 atom stereocenters. The van der Waals surface area contributed by atoms with Crippen molar-refractivity contribution in [3.05, 3.63) is 65.7 Å². The smallest absolute Gasteiger partial charge is 0.263 e. The van der Waals surface area contributed by atoms with Crippen molar-refractivity contribution in [1.82, 2.24) is 10.0 Å². The van der Waals surface area contributed by atoms with Crippen molar-refractivity contribution in [1.29, 1.82) is 0 Å². The monoisotopic (exact) mass is 429 g/mol. The second-order valence-electron chi connectivity index (χ2n) is 7.27. The van der Waals surface area contributed by atoms with E-state index in [4.69, 9.17) is 0 Å². The van der Waals surface area contributed by atoms with Gasteiger partial charge in [-0.05, 0) is 24.1 Å². The fraction of sp³-hybridized carbons (Fsp3) is 0.364. The fourth-order valence-electron chi connectivity index (χ4n) is 3.39. The Hall–Kier alpha value is -2.71. The van der Waals surface area contributed by atoms with Crippen LogP contribution in [-0.4, -0.2) is 44.5 Å². The van der Waals surface area contributed by atoms with Crippen LogP contribution in [0.3, 0.4) is 0 Å². The predicted octanol–water partition coefficient (Wildman–Crippen LogP) is 2.18. The van der Waals surface area contributed by atoms with E-state index >= 15 is 0 Å². The number of hydrogen-bond acceptors (Lipinski definition) is 5. The summed E-state index contributed by atoms with van der Waals surface area (Å²) >= 11 is 0. The van der Waals surface area contributed by atoms with Gasteiger partial charge in [0.2, 0.25) is 5.91 Å². The van der Waals surface area contributed by atoms with Gasteiger partial charge in [0, 0.05) is 18.0 Å². The minimum Gasteiger partial charge on any atom is -0.396 e. The summed E-state index contributed by atoms with van der Waals surface area (Å²) in [6, 6.07) is 15.4. The summed E-state index contributed by atoms with van der Waals surface area (Å²) in [4.78, 5) is 17.5. The molecule has 0 fully saturated rings. The molecule has 2 unspecified atom stereocenters. The number of carbonyl (C=O) groups is 1. The van der Waals surface area contributed by atoms with E-state index in [1.165, 1.54) is 6.07 Å². The molecule has 0 aliphatic carbocycles. The lowest BCUT2D eigenvalue weighted by Gasteiger charge is -2.18. The number of rotatable bonds is 9. The Kier molecular flexibility index (Phi) is 7.23. The van der Waals surface area contributed by atoms with Crippen molar-refractivity contribution >= 4 is 21.8 Å². The summed E-state index contributed by atoms with van der Waals surface area (Å²) in [5.74, 6) is -0.308. The maximum Gasteiger partial charge on any atom is 0.263 e. The number of nitrogens with zero attached hydrogens (tertiary/aromatic N) is 1. The number of amides is 1. The molecule has 1 aliphatic heterocycles. The van der Waals surface area contributed by atoms with Gasteiger partial charge in [-0.3, -0.25) is 14.5 Å². The normalized spacial score (nSPS) is 17.7. The first-order chi connectivity index (χ1) is 14.5. The molecular weight excluding hydrogens is 402 g/mol. The molecule has 8 heteroatoms. The number of benzene rings is 2. The first kappa shape index (κ1) is 22.0. The number of aliphatic hydroxyl groups is 1. The fourth-order valence-corrected chi connectivity index (χ4v) is 4.63. The van der Waals surface area contributed by atoms with Crippen molar-refractivity contribution in [2.75, 3.05) is 13.2 Å². The van der Waals surface area contributed by atoms with Crippen LogP contribution in [-0.2, 0) is 14.8 Å². The van der Waals surface area contributed by atoms with Gasteiger partial charge < -0.3 is 10.4 Å². The number of unbranched alkanes of at least 4 members (excludes halogenated alkanes) is 1. The molecule has 0 spiro atoms. The molecule has 3 N–H and O–H groups in total. The van der Waals surface area contributed by atoms with Gasteiger partial charge in [0.05, 0.1) is 11.5 Å². The zero-order chi connectivity index (χ0) is 21.6. The van der Waals surface area contributed by atoms with Crippen molar-refractivity contribution in [2.45, 2.75) is 43.0 Å². The van der Waals surface area contributed by atoms with E-state index in [9.17, 15) is 18.3 Å². The lowest BCUT2D eigenvalue weighted by Crippen LogP contribution is -2.38. The van der Waals surface area contributed by atoms with Crippen LogP contribution in [0.5, 0.6) is 0 Å². The quantitative estimate of drug-likeness (QED) is 0.568. The number of nitrogens with one attached hydrogen (secondary N) is 2. The number of aliphatic imine (C=N–C) groups is 1. The minimum atomic E-state index is -3.66. The maximum absolute atomic E-state index is 12.9. The van der Waals surface area contributed by atoms with Crippen LogP contribution >= 0.6 is 0 Å². The van der Waals surface area contributed by atoms with Gasteiger partial charge in [0.1, 0.15) is 11.9 Å². The summed E-state index contributed by atoms with van der Waals surface area (Å²) in [7, 11) is -3.66. The Morgan fingerprint density at radius 2 is 1.83 bits per heavy atom. The Morgan fingerprint density at radius 3 is 2.53 bits per heavy atom. The highest BCUT2D eigenvalue weighted by atomic mass is 32.2. The third-order valence-corrected chi connectivity index (χ3v) is 6.49. The van der Waals surface area contributed by atoms with Gasteiger partial charge in [-0.15, -0.1) is 0 Å². The molecule has 1 amide bonds. The van der Waals surface area contributed by atoms with Gasteiger partial charge >= 0.3 is 0 Å². The molecule has 1 heterocycles. The van der Waals surface area contributed by atoms with Crippen LogP contribution in [0.2, 0.25) is 0 Å². The van der Waals surface area contributed by atoms with Gasteiger partial charge in [0.15, 0.2) is 0 Å². The number of sulfonamides is 1. The van der Waals surface area contributed by atoms with Crippen LogP contribution in [0.1, 0.15) is 43.2 Å². The predicted molar refractivity (Wildman–Crippen MR) is 116 cm³/mol. The molecule has 0 radical (unpaired) electrons. The van der Waals surface area contributed by atoms with Crippen LogP contribution in [0.15, 0.2) is 64.5 Å². The summed E-state index contributed by atoms with van der Waals surface area (Å²) in [6.07, 6.45) is 2.18. The van der Waals surface area contributed by atoms with E-state index in [-0.39, 0.29) is 35.7 Å². The molecule has 1 aliphatic rings. The summed E-state index contributed by atoms with van der Waals surface area (Å²) in [5.41, 5.74) is 1.42. The topological polar surface area (TPSA) is 108 Å². The first-order valence-corrected chi connectivity index (χ1v) is 11.6. The molecule has 3 rings (SSSR count). The van der Waals surface area contributed by atoms with Gasteiger partial charge in [-0.25, -0.2) is 8.42 Å². The second kappa shape index (κ2) is 9.86. The lowest BCUT2D eigenvalue weighted by molar-refractivity contribution is -0.122. The lowest BCUT2D eigenvalue weighted by atomic mass is 10.00. The molecule has 2 aromatic rings. The van der Waals surface area contributed by atoms with E-state index < -0.39 is 16.1 Å². The van der Waals surface area contributed by atoms with Gasteiger partial charge in [0.25, 0.3) is 10.0 Å². The molecule has 2 aromatic carbocycles. The van der Waals surface area contributed by atoms with Crippen molar-refractivity contribution in [3.8, 4) is 0 Å².